The van der Waals surface area contributed by atoms with Crippen LogP contribution in [0.15, 0.2) is 48.7 Å². The molecule has 42 heavy (non-hydrogen) atoms. The fraction of sp³-hybridized carbons (Fsp3) is 0.500. The normalized spacial score (nSPS) is 14.3. The number of amides is 2. The highest BCUT2D eigenvalue weighted by molar-refractivity contribution is 6.07. The van der Waals surface area contributed by atoms with Crippen LogP contribution in [0.2, 0.25) is 0 Å². The molecule has 1 saturated heterocycles. The summed E-state index contributed by atoms with van der Waals surface area (Å²) in [4.78, 5) is 31.7. The van der Waals surface area contributed by atoms with E-state index in [4.69, 9.17) is 4.74 Å². The van der Waals surface area contributed by atoms with Gasteiger partial charge in [0.1, 0.15) is 5.75 Å². The third-order valence-electron chi connectivity index (χ3n) is 7.82. The molecule has 1 aliphatic rings. The van der Waals surface area contributed by atoms with E-state index in [-0.39, 0.29) is 11.8 Å². The van der Waals surface area contributed by atoms with Gasteiger partial charge in [-0.2, -0.15) is 5.10 Å². The van der Waals surface area contributed by atoms with Crippen molar-refractivity contribution in [1.29, 1.82) is 0 Å². The molecule has 226 valence electrons. The molecule has 0 spiro atoms. The SMILES string of the molecule is COc1ccc(NC(=O)c2nn3ccc(C(=O)N(CCC(C)C)CCC(C)C)cc3c2/C=C/CN2CCCCC2)cc1. The van der Waals surface area contributed by atoms with Crippen molar-refractivity contribution >= 4 is 29.1 Å². The fourth-order valence-electron chi connectivity index (χ4n) is 5.18. The van der Waals surface area contributed by atoms with Crippen LogP contribution in [0, 0.1) is 11.8 Å². The Labute approximate surface area is 250 Å². The summed E-state index contributed by atoms with van der Waals surface area (Å²) in [5.74, 6) is 1.47. The first-order valence-corrected chi connectivity index (χ1v) is 15.4. The van der Waals surface area contributed by atoms with Gasteiger partial charge < -0.3 is 15.0 Å². The zero-order valence-electron chi connectivity index (χ0n) is 25.9. The lowest BCUT2D eigenvalue weighted by Gasteiger charge is -2.25. The molecule has 4 rings (SSSR count). The number of fused-ring (bicyclic) bond motifs is 1. The molecule has 1 fully saturated rings. The minimum Gasteiger partial charge on any atom is -0.497 e. The molecule has 8 nitrogen and oxygen atoms in total. The Hall–Kier alpha value is -3.65. The number of anilines is 1. The molecule has 2 amide bonds. The van der Waals surface area contributed by atoms with Gasteiger partial charge in [-0.25, -0.2) is 4.52 Å². The van der Waals surface area contributed by atoms with Gasteiger partial charge in [-0.15, -0.1) is 0 Å². The van der Waals surface area contributed by atoms with Gasteiger partial charge in [-0.1, -0.05) is 46.3 Å². The summed E-state index contributed by atoms with van der Waals surface area (Å²) in [7, 11) is 1.61. The Bertz CT molecular complexity index is 1340. The van der Waals surface area contributed by atoms with Crippen molar-refractivity contribution < 1.29 is 14.3 Å². The summed E-state index contributed by atoms with van der Waals surface area (Å²) in [6, 6.07) is 10.9. The van der Waals surface area contributed by atoms with E-state index in [0.29, 0.717) is 34.3 Å². The van der Waals surface area contributed by atoms with Gasteiger partial charge in [0.2, 0.25) is 0 Å². The predicted octanol–water partition coefficient (Wildman–Crippen LogP) is 6.63. The third-order valence-corrected chi connectivity index (χ3v) is 7.82. The molecule has 0 atom stereocenters. The Morgan fingerprint density at radius 3 is 2.29 bits per heavy atom. The number of piperidine rings is 1. The second-order valence-electron chi connectivity index (χ2n) is 12.1. The molecule has 0 saturated carbocycles. The third kappa shape index (κ3) is 8.44. The lowest BCUT2D eigenvalue weighted by molar-refractivity contribution is 0.0740. The van der Waals surface area contributed by atoms with Gasteiger partial charge >= 0.3 is 0 Å². The minimum absolute atomic E-state index is 0.0208. The van der Waals surface area contributed by atoms with Crippen LogP contribution in [-0.2, 0) is 0 Å². The number of hydrogen-bond acceptors (Lipinski definition) is 5. The van der Waals surface area contributed by atoms with E-state index < -0.39 is 0 Å². The number of ether oxygens (including phenoxy) is 1. The molecule has 2 aromatic heterocycles. The van der Waals surface area contributed by atoms with Crippen LogP contribution in [-0.4, -0.2) is 71.1 Å². The van der Waals surface area contributed by atoms with Crippen molar-refractivity contribution in [2.24, 2.45) is 11.8 Å². The number of nitrogens with one attached hydrogen (secondary N) is 1. The average molecular weight is 574 g/mol. The maximum Gasteiger partial charge on any atom is 0.276 e. The van der Waals surface area contributed by atoms with Crippen molar-refractivity contribution in [3.63, 3.8) is 0 Å². The molecule has 1 aromatic carbocycles. The summed E-state index contributed by atoms with van der Waals surface area (Å²) in [5, 5.41) is 7.63. The van der Waals surface area contributed by atoms with Crippen LogP contribution in [0.1, 0.15) is 86.2 Å². The molecule has 8 heteroatoms. The smallest absolute Gasteiger partial charge is 0.276 e. The molecule has 0 unspecified atom stereocenters. The Balaban J connectivity index is 1.66. The fourth-order valence-corrected chi connectivity index (χ4v) is 5.18. The monoisotopic (exact) mass is 573 g/mol. The molecular weight excluding hydrogens is 526 g/mol. The molecule has 1 N–H and O–H groups in total. The minimum atomic E-state index is -0.301. The first-order chi connectivity index (χ1) is 20.2. The zero-order valence-corrected chi connectivity index (χ0v) is 25.9. The Kier molecular flexibility index (Phi) is 11.2. The van der Waals surface area contributed by atoms with Gasteiger partial charge in [0.25, 0.3) is 11.8 Å². The molecular formula is C34H47N5O3. The van der Waals surface area contributed by atoms with Crippen LogP contribution >= 0.6 is 0 Å². The van der Waals surface area contributed by atoms with Crippen molar-refractivity contribution in [1.82, 2.24) is 19.4 Å². The van der Waals surface area contributed by atoms with Crippen LogP contribution in [0.4, 0.5) is 5.69 Å². The van der Waals surface area contributed by atoms with Crippen molar-refractivity contribution in [2.75, 3.05) is 45.2 Å². The van der Waals surface area contributed by atoms with Crippen molar-refractivity contribution in [3.05, 3.63) is 65.5 Å². The number of hydrogen-bond donors (Lipinski definition) is 1. The number of likely N-dealkylation sites (tertiary alicyclic amines) is 1. The number of benzene rings is 1. The summed E-state index contributed by atoms with van der Waals surface area (Å²) >= 11 is 0. The van der Waals surface area contributed by atoms with E-state index in [0.717, 1.165) is 56.8 Å². The molecule has 3 heterocycles. The standard InChI is InChI=1S/C34H47N5O3/c1-25(2)15-21-38(22-16-26(3)4)34(41)27-17-23-39-31(24-27)30(10-9-20-37-18-7-6-8-19-37)32(36-39)33(40)35-28-11-13-29(42-5)14-12-28/h9-14,17,23-26H,6-8,15-16,18-22H2,1-5H3,(H,35,40)/b10-9+. The molecule has 0 bridgehead atoms. The maximum atomic E-state index is 13.8. The predicted molar refractivity (Wildman–Crippen MR) is 170 cm³/mol. The van der Waals surface area contributed by atoms with E-state index in [1.54, 1.807) is 42.1 Å². The second kappa shape index (κ2) is 15.0. The lowest BCUT2D eigenvalue weighted by atomic mass is 10.1. The zero-order chi connectivity index (χ0) is 30.1. The van der Waals surface area contributed by atoms with Crippen molar-refractivity contribution in [2.45, 2.75) is 59.8 Å². The summed E-state index contributed by atoms with van der Waals surface area (Å²) in [5.41, 5.74) is 3.04. The van der Waals surface area contributed by atoms with Gasteiger partial charge in [-0.05, 0) is 87.0 Å². The van der Waals surface area contributed by atoms with E-state index in [2.05, 4.69) is 49.1 Å². The highest BCUT2D eigenvalue weighted by atomic mass is 16.5. The topological polar surface area (TPSA) is 79.2 Å². The number of pyridine rings is 1. The second-order valence-corrected chi connectivity index (χ2v) is 12.1. The highest BCUT2D eigenvalue weighted by Crippen LogP contribution is 2.23. The molecule has 0 radical (unpaired) electrons. The van der Waals surface area contributed by atoms with E-state index in [9.17, 15) is 9.59 Å². The quantitative estimate of drug-likeness (QED) is 0.248. The summed E-state index contributed by atoms with van der Waals surface area (Å²) in [6.07, 6.45) is 11.5. The summed E-state index contributed by atoms with van der Waals surface area (Å²) < 4.78 is 6.94. The Morgan fingerprint density at radius 1 is 1.00 bits per heavy atom. The number of methoxy groups -OCH3 is 1. The Morgan fingerprint density at radius 2 is 1.67 bits per heavy atom. The van der Waals surface area contributed by atoms with Gasteiger partial charge in [0.15, 0.2) is 5.69 Å². The number of aromatic nitrogens is 2. The first-order valence-electron chi connectivity index (χ1n) is 15.4. The van der Waals surface area contributed by atoms with E-state index in [1.807, 2.05) is 23.1 Å². The van der Waals surface area contributed by atoms with Crippen LogP contribution in [0.5, 0.6) is 5.75 Å². The number of rotatable bonds is 13. The van der Waals surface area contributed by atoms with Crippen LogP contribution < -0.4 is 10.1 Å². The average Bonchev–Trinajstić information content (AvgIpc) is 3.35. The maximum absolute atomic E-state index is 13.8. The number of carbonyl (C=O) groups excluding carboxylic acids is 2. The van der Waals surface area contributed by atoms with Gasteiger partial charge in [-0.3, -0.25) is 14.5 Å². The number of nitrogens with zero attached hydrogens (tertiary/aromatic N) is 4. The van der Waals surface area contributed by atoms with Gasteiger partial charge in [0.05, 0.1) is 12.6 Å². The molecule has 1 aliphatic heterocycles. The van der Waals surface area contributed by atoms with E-state index in [1.165, 1.54) is 19.3 Å². The van der Waals surface area contributed by atoms with Gasteiger partial charge in [0, 0.05) is 42.6 Å². The molecule has 3 aromatic rings. The molecule has 0 aliphatic carbocycles. The van der Waals surface area contributed by atoms with Crippen LogP contribution in [0.25, 0.3) is 11.6 Å². The van der Waals surface area contributed by atoms with E-state index >= 15 is 0 Å². The lowest BCUT2D eigenvalue weighted by Crippen LogP contribution is -2.34. The van der Waals surface area contributed by atoms with Crippen molar-refractivity contribution in [3.8, 4) is 5.75 Å². The van der Waals surface area contributed by atoms with Crippen LogP contribution in [0.3, 0.4) is 0 Å². The largest absolute Gasteiger partial charge is 0.497 e. The number of carbonyl (C=O) groups is 2. The highest BCUT2D eigenvalue weighted by Gasteiger charge is 2.22. The first kappa shape index (κ1) is 31.3. The summed E-state index contributed by atoms with van der Waals surface area (Å²) in [6.45, 7) is 13.2.